The molecule has 0 saturated heterocycles. The monoisotopic (exact) mass is 942 g/mol. The first-order valence-corrected chi connectivity index (χ1v) is 19.8. The molecule has 0 aliphatic heterocycles. The number of hydrogen-bond donors (Lipinski definition) is 1. The van der Waals surface area contributed by atoms with Crippen molar-refractivity contribution in [3.05, 3.63) is 168 Å². The number of benzene rings is 6. The third kappa shape index (κ3) is 7.96. The third-order valence-electron chi connectivity index (χ3n) is 10.8. The number of aryl methyl sites for hydroxylation is 1. The van der Waals surface area contributed by atoms with Gasteiger partial charge in [0.15, 0.2) is 0 Å². The van der Waals surface area contributed by atoms with E-state index in [9.17, 15) is 5.11 Å². The zero-order chi connectivity index (χ0) is 42.5. The summed E-state index contributed by atoms with van der Waals surface area (Å²) in [5.41, 5.74) is 13.0. The molecule has 0 aliphatic rings. The van der Waals surface area contributed by atoms with E-state index in [1.54, 1.807) is 12.1 Å². The van der Waals surface area contributed by atoms with E-state index < -0.39 is 6.85 Å². The normalized spacial score (nSPS) is 12.7. The van der Waals surface area contributed by atoms with Gasteiger partial charge < -0.3 is 5.11 Å². The molecular weight excluding hydrogens is 890 g/mol. The first-order chi connectivity index (χ1) is 28.6. The van der Waals surface area contributed by atoms with Gasteiger partial charge in [-0.3, -0.25) is 9.55 Å². The van der Waals surface area contributed by atoms with Crippen molar-refractivity contribution in [1.29, 1.82) is 0 Å². The van der Waals surface area contributed by atoms with Crippen LogP contribution < -0.4 is 0 Å². The smallest absolute Gasteiger partial charge is 0.148 e. The van der Waals surface area contributed by atoms with Crippen LogP contribution in [0.25, 0.3) is 72.7 Å². The van der Waals surface area contributed by atoms with Crippen molar-refractivity contribution in [2.45, 2.75) is 72.6 Å². The van der Waals surface area contributed by atoms with Gasteiger partial charge in [-0.2, -0.15) is 0 Å². The van der Waals surface area contributed by atoms with Crippen molar-refractivity contribution in [2.24, 2.45) is 0 Å². The fraction of sp³-hybridized carbons (Fsp3) is 0.208. The van der Waals surface area contributed by atoms with Crippen LogP contribution in [0.4, 0.5) is 0 Å². The van der Waals surface area contributed by atoms with Crippen LogP contribution in [-0.2, 0) is 26.5 Å². The molecule has 2 heterocycles. The summed E-state index contributed by atoms with van der Waals surface area (Å²) in [6.45, 7) is 12.7. The molecule has 58 heavy (non-hydrogen) atoms. The van der Waals surface area contributed by atoms with Crippen LogP contribution in [0, 0.1) is 12.9 Å². The molecular formula is C53H50N3OPt-. The number of phenolic OH excluding ortho intramolecular Hbond substituents is 1. The van der Waals surface area contributed by atoms with E-state index >= 15 is 0 Å². The molecule has 6 aromatic carbocycles. The van der Waals surface area contributed by atoms with Crippen LogP contribution in [-0.4, -0.2) is 19.6 Å². The summed E-state index contributed by atoms with van der Waals surface area (Å²) in [5.74, 6) is 0.906. The van der Waals surface area contributed by atoms with Crippen molar-refractivity contribution in [1.82, 2.24) is 14.5 Å². The number of nitrogens with zero attached hydrogens (tertiary/aromatic N) is 3. The Morgan fingerprint density at radius 3 is 2.02 bits per heavy atom. The van der Waals surface area contributed by atoms with Gasteiger partial charge in [-0.25, -0.2) is 4.98 Å². The maximum atomic E-state index is 12.2. The fourth-order valence-corrected chi connectivity index (χ4v) is 7.59. The minimum Gasteiger partial charge on any atom is -0.507 e. The predicted octanol–water partition coefficient (Wildman–Crippen LogP) is 14.1. The van der Waals surface area contributed by atoms with Gasteiger partial charge in [-0.15, -0.1) is 29.3 Å². The number of pyridine rings is 1. The summed E-state index contributed by atoms with van der Waals surface area (Å²) in [6.07, 6.45) is 1.85. The Bertz CT molecular complexity index is 2860. The Hall–Kier alpha value is -5.57. The first kappa shape index (κ1) is 36.7. The van der Waals surface area contributed by atoms with Crippen molar-refractivity contribution >= 4 is 11.0 Å². The third-order valence-corrected chi connectivity index (χ3v) is 10.8. The molecule has 0 fully saturated rings. The standard InChI is InChI=1S/C53H50N3O.Pt/c1-33(2)39-30-46(34(3)4)51(57)47(31-39)52-55-50-45(20-15-21-49(50)56(52)44-25-35(5)24-40(29-44)37-18-13-10-14-19-37)41-26-42(28-43(27-41)53(6,7)8)48-32-38(22-23-54-48)36-16-11-9-12-17-36;/h9-25,27-34,57H,1-8H3;/q-1;/i5D3;. The summed E-state index contributed by atoms with van der Waals surface area (Å²) in [4.78, 5) is 10.3. The second-order valence-electron chi connectivity index (χ2n) is 16.6. The van der Waals surface area contributed by atoms with Crippen molar-refractivity contribution in [3.8, 4) is 67.5 Å². The number of rotatable bonds is 8. The zero-order valence-electron chi connectivity index (χ0n) is 37.0. The van der Waals surface area contributed by atoms with Crippen LogP contribution in [0.1, 0.15) is 86.7 Å². The topological polar surface area (TPSA) is 50.9 Å². The largest absolute Gasteiger partial charge is 0.507 e. The van der Waals surface area contributed by atoms with Crippen LogP contribution in [0.3, 0.4) is 0 Å². The molecule has 4 nitrogen and oxygen atoms in total. The molecule has 0 amide bonds. The second-order valence-corrected chi connectivity index (χ2v) is 16.6. The number of phenols is 1. The van der Waals surface area contributed by atoms with Gasteiger partial charge in [0.1, 0.15) is 11.6 Å². The molecule has 0 aliphatic carbocycles. The number of hydrogen-bond acceptors (Lipinski definition) is 3. The van der Waals surface area contributed by atoms with Crippen molar-refractivity contribution < 1.29 is 30.3 Å². The molecule has 0 saturated carbocycles. The average Bonchev–Trinajstić information content (AvgIpc) is 3.63. The molecule has 294 valence electrons. The maximum absolute atomic E-state index is 12.2. The van der Waals surface area contributed by atoms with Gasteiger partial charge in [0.25, 0.3) is 0 Å². The molecule has 0 radical (unpaired) electrons. The number of para-hydroxylation sites is 1. The Labute approximate surface area is 362 Å². The van der Waals surface area contributed by atoms with E-state index in [1.165, 1.54) is 0 Å². The molecule has 8 aromatic rings. The van der Waals surface area contributed by atoms with Gasteiger partial charge in [0.2, 0.25) is 0 Å². The van der Waals surface area contributed by atoms with E-state index in [2.05, 4.69) is 97.0 Å². The summed E-state index contributed by atoms with van der Waals surface area (Å²) in [6, 6.07) is 48.1. The molecule has 0 atom stereocenters. The minimum absolute atomic E-state index is 0. The summed E-state index contributed by atoms with van der Waals surface area (Å²) >= 11 is 0. The van der Waals surface area contributed by atoms with Crippen LogP contribution in [0.5, 0.6) is 5.75 Å². The second kappa shape index (κ2) is 16.4. The number of imidazole rings is 1. The molecule has 8 rings (SSSR count). The van der Waals surface area contributed by atoms with Gasteiger partial charge in [-0.05, 0) is 93.4 Å². The number of aromatic hydroxyl groups is 1. The van der Waals surface area contributed by atoms with E-state index in [1.807, 2.05) is 89.6 Å². The Morgan fingerprint density at radius 2 is 1.36 bits per heavy atom. The quantitative estimate of drug-likeness (QED) is 0.154. The molecule has 0 spiro atoms. The van der Waals surface area contributed by atoms with Gasteiger partial charge in [-0.1, -0.05) is 151 Å². The van der Waals surface area contributed by atoms with Gasteiger partial charge in [0, 0.05) is 42.8 Å². The molecule has 1 N–H and O–H groups in total. The summed E-state index contributed by atoms with van der Waals surface area (Å²) in [7, 11) is 0. The van der Waals surface area contributed by atoms with E-state index in [0.29, 0.717) is 22.6 Å². The summed E-state index contributed by atoms with van der Waals surface area (Å²) in [5, 5.41) is 12.2. The van der Waals surface area contributed by atoms with Gasteiger partial charge >= 0.3 is 0 Å². The van der Waals surface area contributed by atoms with Gasteiger partial charge in [0.05, 0.1) is 16.6 Å². The Morgan fingerprint density at radius 1 is 0.672 bits per heavy atom. The molecule has 0 unspecified atom stereocenters. The zero-order valence-corrected chi connectivity index (χ0v) is 36.3. The minimum atomic E-state index is -2.38. The SMILES string of the molecule is [2H]C([2H])([2H])c1cc(-c2ccccc2)cc(-n2c(-c3cc(C(C)C)cc(C(C)C)c3O)nc3c(-c4[c-]c(-c5cc(-c6ccccc6)ccn5)cc(C(C)(C)C)c4)cccc32)c1.[Pt]. The average molecular weight is 943 g/mol. The molecule has 5 heteroatoms. The maximum Gasteiger partial charge on any atom is 0.148 e. The Balaban J connectivity index is 0.00000561. The number of fused-ring (bicyclic) bond motifs is 1. The molecule has 0 bridgehead atoms. The van der Waals surface area contributed by atoms with E-state index in [0.717, 1.165) is 66.8 Å². The van der Waals surface area contributed by atoms with E-state index in [-0.39, 0.29) is 49.6 Å². The first-order valence-electron chi connectivity index (χ1n) is 21.3. The fourth-order valence-electron chi connectivity index (χ4n) is 7.59. The van der Waals surface area contributed by atoms with E-state index in [4.69, 9.17) is 14.1 Å². The van der Waals surface area contributed by atoms with Crippen LogP contribution in [0.2, 0.25) is 0 Å². The Kier molecular flexibility index (Phi) is 10.4. The van der Waals surface area contributed by atoms with Crippen LogP contribution in [0.15, 0.2) is 140 Å². The van der Waals surface area contributed by atoms with Crippen molar-refractivity contribution in [2.75, 3.05) is 0 Å². The van der Waals surface area contributed by atoms with Crippen molar-refractivity contribution in [3.63, 3.8) is 0 Å². The molecule has 2 aromatic heterocycles. The van der Waals surface area contributed by atoms with Crippen LogP contribution >= 0.6 is 0 Å². The predicted molar refractivity (Wildman–Crippen MR) is 238 cm³/mol. The number of aromatic nitrogens is 3. The summed E-state index contributed by atoms with van der Waals surface area (Å²) < 4.78 is 27.7.